The molecule has 1 atom stereocenters. The first-order valence-corrected chi connectivity index (χ1v) is 7.38. The minimum Gasteiger partial charge on any atom is -0.318 e. The highest BCUT2D eigenvalue weighted by molar-refractivity contribution is 8.14. The van der Waals surface area contributed by atoms with Gasteiger partial charge in [-0.05, 0) is 35.9 Å². The van der Waals surface area contributed by atoms with Crippen molar-refractivity contribution in [3.05, 3.63) is 60.2 Å². The lowest BCUT2D eigenvalue weighted by Crippen LogP contribution is -2.25. The predicted molar refractivity (Wildman–Crippen MR) is 81.0 cm³/mol. The molecule has 2 heterocycles. The van der Waals surface area contributed by atoms with E-state index in [0.717, 1.165) is 13.0 Å². The molecule has 94 valence electrons. The van der Waals surface area contributed by atoms with Crippen molar-refractivity contribution in [2.45, 2.75) is 17.4 Å². The second-order valence-electron chi connectivity index (χ2n) is 4.94. The molecule has 2 aromatic carbocycles. The van der Waals surface area contributed by atoms with E-state index in [1.54, 1.807) is 11.8 Å². The van der Waals surface area contributed by atoms with Gasteiger partial charge in [-0.25, -0.2) is 0 Å². The molecule has 0 aliphatic carbocycles. The predicted octanol–water partition coefficient (Wildman–Crippen LogP) is 3.58. The molecular formula is C16H14N2S. The first-order valence-electron chi connectivity index (χ1n) is 6.56. The van der Waals surface area contributed by atoms with Crippen LogP contribution < -0.4 is 4.90 Å². The molecule has 2 aliphatic rings. The number of nitrogens with zero attached hydrogens (tertiary/aromatic N) is 2. The fourth-order valence-corrected chi connectivity index (χ4v) is 3.81. The Morgan fingerprint density at radius 2 is 1.84 bits per heavy atom. The molecule has 4 rings (SSSR count). The van der Waals surface area contributed by atoms with E-state index in [4.69, 9.17) is 4.99 Å². The molecule has 2 nitrogen and oxygen atoms in total. The number of rotatable bonds is 2. The van der Waals surface area contributed by atoms with Crippen molar-refractivity contribution >= 4 is 22.6 Å². The highest BCUT2D eigenvalue weighted by Crippen LogP contribution is 2.42. The number of hydrogen-bond acceptors (Lipinski definition) is 3. The van der Waals surface area contributed by atoms with Gasteiger partial charge in [-0.1, -0.05) is 42.5 Å². The SMILES string of the molecule is c1ccc(CC2CN3C(=N2)Sc2ccccc23)cc1. The van der Waals surface area contributed by atoms with Gasteiger partial charge in [0.25, 0.3) is 0 Å². The van der Waals surface area contributed by atoms with Gasteiger partial charge in [0.05, 0.1) is 11.7 Å². The standard InChI is InChI=1S/C16H14N2S/c1-2-6-12(7-3-1)10-13-11-18-14-8-4-5-9-15(14)19-16(18)17-13/h1-9,13H,10-11H2. The number of hydrogen-bond donors (Lipinski definition) is 0. The molecule has 0 saturated heterocycles. The van der Waals surface area contributed by atoms with Crippen molar-refractivity contribution in [2.24, 2.45) is 4.99 Å². The number of benzene rings is 2. The summed E-state index contributed by atoms with van der Waals surface area (Å²) in [5, 5.41) is 1.17. The minimum absolute atomic E-state index is 0.387. The van der Waals surface area contributed by atoms with Crippen LogP contribution in [-0.2, 0) is 6.42 Å². The molecule has 0 fully saturated rings. The van der Waals surface area contributed by atoms with Crippen molar-refractivity contribution in [2.75, 3.05) is 11.4 Å². The van der Waals surface area contributed by atoms with Crippen LogP contribution in [0, 0.1) is 0 Å². The molecule has 0 amide bonds. The van der Waals surface area contributed by atoms with Crippen molar-refractivity contribution in [3.8, 4) is 0 Å². The Hall–Kier alpha value is -1.74. The van der Waals surface area contributed by atoms with Gasteiger partial charge in [0, 0.05) is 11.4 Å². The summed E-state index contributed by atoms with van der Waals surface area (Å²) in [6.07, 6.45) is 1.03. The topological polar surface area (TPSA) is 15.6 Å². The largest absolute Gasteiger partial charge is 0.318 e. The third-order valence-electron chi connectivity index (χ3n) is 3.59. The van der Waals surface area contributed by atoms with Crippen LogP contribution in [0.3, 0.4) is 0 Å². The zero-order valence-electron chi connectivity index (χ0n) is 10.5. The maximum absolute atomic E-state index is 4.87. The molecule has 0 N–H and O–H groups in total. The molecule has 0 aromatic heterocycles. The lowest BCUT2D eigenvalue weighted by atomic mass is 10.1. The Balaban J connectivity index is 1.55. The van der Waals surface area contributed by atoms with Crippen LogP contribution in [0.15, 0.2) is 64.5 Å². The molecule has 19 heavy (non-hydrogen) atoms. The summed E-state index contributed by atoms with van der Waals surface area (Å²) in [5.74, 6) is 0. The Morgan fingerprint density at radius 1 is 1.05 bits per heavy atom. The van der Waals surface area contributed by atoms with Crippen LogP contribution in [0.4, 0.5) is 5.69 Å². The summed E-state index contributed by atoms with van der Waals surface area (Å²) in [6, 6.07) is 19.6. The van der Waals surface area contributed by atoms with Crippen LogP contribution >= 0.6 is 11.8 Å². The molecule has 0 spiro atoms. The van der Waals surface area contributed by atoms with E-state index in [1.807, 2.05) is 0 Å². The van der Waals surface area contributed by atoms with Crippen LogP contribution in [0.2, 0.25) is 0 Å². The summed E-state index contributed by atoms with van der Waals surface area (Å²) in [6.45, 7) is 1.01. The number of aliphatic imine (C=N–C) groups is 1. The van der Waals surface area contributed by atoms with Gasteiger partial charge >= 0.3 is 0 Å². The smallest absolute Gasteiger partial charge is 0.169 e. The van der Waals surface area contributed by atoms with E-state index in [9.17, 15) is 0 Å². The lowest BCUT2D eigenvalue weighted by molar-refractivity contribution is 0.712. The van der Waals surface area contributed by atoms with E-state index in [1.165, 1.54) is 21.3 Å². The van der Waals surface area contributed by atoms with Crippen molar-refractivity contribution < 1.29 is 0 Å². The zero-order chi connectivity index (χ0) is 12.7. The van der Waals surface area contributed by atoms with Crippen LogP contribution in [0.25, 0.3) is 0 Å². The van der Waals surface area contributed by atoms with E-state index in [0.29, 0.717) is 6.04 Å². The number of amidine groups is 1. The molecule has 2 aliphatic heterocycles. The number of anilines is 1. The summed E-state index contributed by atoms with van der Waals surface area (Å²) >= 11 is 1.80. The number of fused-ring (bicyclic) bond motifs is 3. The quantitative estimate of drug-likeness (QED) is 0.825. The van der Waals surface area contributed by atoms with Gasteiger partial charge in [-0.15, -0.1) is 0 Å². The Morgan fingerprint density at radius 3 is 2.74 bits per heavy atom. The van der Waals surface area contributed by atoms with E-state index < -0.39 is 0 Å². The van der Waals surface area contributed by atoms with E-state index in [-0.39, 0.29) is 0 Å². The van der Waals surface area contributed by atoms with Gasteiger partial charge in [0.1, 0.15) is 0 Å². The Labute approximate surface area is 117 Å². The third kappa shape index (κ3) is 1.94. The zero-order valence-corrected chi connectivity index (χ0v) is 11.3. The fraction of sp³-hybridized carbons (Fsp3) is 0.188. The summed E-state index contributed by atoms with van der Waals surface area (Å²) in [7, 11) is 0. The van der Waals surface area contributed by atoms with Gasteiger partial charge in [0.2, 0.25) is 0 Å². The molecule has 0 radical (unpaired) electrons. The normalized spacial score (nSPS) is 20.1. The molecule has 2 aromatic rings. The molecule has 0 saturated carbocycles. The average molecular weight is 266 g/mol. The highest BCUT2D eigenvalue weighted by Gasteiger charge is 2.33. The first-order chi connectivity index (χ1) is 9.40. The van der Waals surface area contributed by atoms with Crippen molar-refractivity contribution in [3.63, 3.8) is 0 Å². The van der Waals surface area contributed by atoms with Crippen molar-refractivity contribution in [1.82, 2.24) is 0 Å². The average Bonchev–Trinajstić information content (AvgIpc) is 2.97. The summed E-state index contributed by atoms with van der Waals surface area (Å²) in [4.78, 5) is 8.55. The maximum atomic E-state index is 4.87. The molecular weight excluding hydrogens is 252 g/mol. The van der Waals surface area contributed by atoms with Gasteiger partial charge < -0.3 is 4.90 Å². The molecule has 1 unspecified atom stereocenters. The number of thioether (sulfide) groups is 1. The minimum atomic E-state index is 0.387. The Bertz CT molecular complexity index is 636. The highest BCUT2D eigenvalue weighted by atomic mass is 32.2. The second kappa shape index (κ2) is 4.42. The van der Waals surface area contributed by atoms with Crippen LogP contribution in [0.1, 0.15) is 5.56 Å². The van der Waals surface area contributed by atoms with Crippen LogP contribution in [-0.4, -0.2) is 17.8 Å². The van der Waals surface area contributed by atoms with Crippen molar-refractivity contribution in [1.29, 1.82) is 0 Å². The Kier molecular flexibility index (Phi) is 2.59. The monoisotopic (exact) mass is 266 g/mol. The number of para-hydroxylation sites is 1. The van der Waals surface area contributed by atoms with Gasteiger partial charge in [-0.3, -0.25) is 4.99 Å². The second-order valence-corrected chi connectivity index (χ2v) is 5.94. The van der Waals surface area contributed by atoms with E-state index in [2.05, 4.69) is 59.5 Å². The summed E-state index contributed by atoms with van der Waals surface area (Å²) < 4.78 is 0. The van der Waals surface area contributed by atoms with Gasteiger partial charge in [-0.2, -0.15) is 0 Å². The first kappa shape index (κ1) is 11.1. The fourth-order valence-electron chi connectivity index (χ4n) is 2.70. The third-order valence-corrected chi connectivity index (χ3v) is 4.66. The van der Waals surface area contributed by atoms with Crippen LogP contribution in [0.5, 0.6) is 0 Å². The lowest BCUT2D eigenvalue weighted by Gasteiger charge is -2.14. The van der Waals surface area contributed by atoms with E-state index >= 15 is 0 Å². The maximum Gasteiger partial charge on any atom is 0.169 e. The summed E-state index contributed by atoms with van der Waals surface area (Å²) in [5.41, 5.74) is 2.69. The van der Waals surface area contributed by atoms with Gasteiger partial charge in [0.15, 0.2) is 5.17 Å². The molecule has 3 heteroatoms. The molecule has 0 bridgehead atoms.